The molecule has 2 atom stereocenters. The first-order valence-electron chi connectivity index (χ1n) is 8.87. The van der Waals surface area contributed by atoms with Crippen molar-refractivity contribution in [2.24, 2.45) is 0 Å². The van der Waals surface area contributed by atoms with E-state index < -0.39 is 0 Å². The third-order valence-corrected chi connectivity index (χ3v) is 5.06. The van der Waals surface area contributed by atoms with Crippen molar-refractivity contribution in [2.45, 2.75) is 31.7 Å². The second-order valence-electron chi connectivity index (χ2n) is 6.89. The number of aliphatic hydroxyl groups is 1. The molecule has 138 valence electrons. The normalized spacial score (nSPS) is 23.1. The highest BCUT2D eigenvalue weighted by Crippen LogP contribution is 2.30. The van der Waals surface area contributed by atoms with E-state index in [0.717, 1.165) is 11.6 Å². The average molecular weight is 357 g/mol. The number of nitrogens with zero attached hydrogens (tertiary/aromatic N) is 5. The van der Waals surface area contributed by atoms with Gasteiger partial charge in [0.2, 0.25) is 0 Å². The number of aromatic nitrogens is 3. The SMILES string of the molecule is CN1C[C@H](O)C[C@H]1c1nnc2n1CCN(C(=O)COc1ccccc1)C2. The summed E-state index contributed by atoms with van der Waals surface area (Å²) in [5.74, 6) is 2.30. The topological polar surface area (TPSA) is 83.7 Å². The van der Waals surface area contributed by atoms with Gasteiger partial charge in [-0.05, 0) is 25.6 Å². The number of hydrogen-bond donors (Lipinski definition) is 1. The maximum absolute atomic E-state index is 12.4. The molecule has 0 unspecified atom stereocenters. The van der Waals surface area contributed by atoms with Gasteiger partial charge in [0.05, 0.1) is 18.7 Å². The molecule has 8 nitrogen and oxygen atoms in total. The molecule has 1 aromatic heterocycles. The Morgan fingerprint density at radius 2 is 2.08 bits per heavy atom. The number of carbonyl (C=O) groups excluding carboxylic acids is 1. The number of benzene rings is 1. The number of fused-ring (bicyclic) bond motifs is 1. The van der Waals surface area contributed by atoms with Crippen molar-refractivity contribution in [1.82, 2.24) is 24.6 Å². The lowest BCUT2D eigenvalue weighted by atomic mass is 10.2. The largest absolute Gasteiger partial charge is 0.484 e. The van der Waals surface area contributed by atoms with Crippen LogP contribution in [0, 0.1) is 0 Å². The summed E-state index contributed by atoms with van der Waals surface area (Å²) in [7, 11) is 1.99. The van der Waals surface area contributed by atoms with Crippen LogP contribution >= 0.6 is 0 Å². The Bertz CT molecular complexity index is 778. The van der Waals surface area contributed by atoms with E-state index in [2.05, 4.69) is 19.7 Å². The number of hydrogen-bond acceptors (Lipinski definition) is 6. The summed E-state index contributed by atoms with van der Waals surface area (Å²) in [6.45, 7) is 2.36. The molecule has 3 heterocycles. The van der Waals surface area contributed by atoms with Gasteiger partial charge >= 0.3 is 0 Å². The summed E-state index contributed by atoms with van der Waals surface area (Å²) in [4.78, 5) is 16.3. The standard InChI is InChI=1S/C18H23N5O3/c1-21-10-13(24)9-15(21)18-20-19-16-11-22(7-8-23(16)18)17(25)12-26-14-5-3-2-4-6-14/h2-6,13,15,24H,7-12H2,1H3/t13-,15+/m1/s1. The molecule has 26 heavy (non-hydrogen) atoms. The van der Waals surface area contributed by atoms with Crippen molar-refractivity contribution in [2.75, 3.05) is 26.7 Å². The molecule has 1 fully saturated rings. The number of likely N-dealkylation sites (N-methyl/N-ethyl adjacent to an activating group) is 1. The third-order valence-electron chi connectivity index (χ3n) is 5.06. The van der Waals surface area contributed by atoms with Gasteiger partial charge in [0, 0.05) is 19.6 Å². The van der Waals surface area contributed by atoms with E-state index in [0.29, 0.717) is 38.3 Å². The smallest absolute Gasteiger partial charge is 0.260 e. The van der Waals surface area contributed by atoms with Crippen LogP contribution < -0.4 is 4.74 Å². The van der Waals surface area contributed by atoms with Gasteiger partial charge in [-0.2, -0.15) is 0 Å². The number of amides is 1. The molecule has 1 saturated heterocycles. The van der Waals surface area contributed by atoms with Crippen LogP contribution in [-0.4, -0.2) is 68.4 Å². The lowest BCUT2D eigenvalue weighted by Crippen LogP contribution is -2.41. The quantitative estimate of drug-likeness (QED) is 0.855. The molecule has 0 bridgehead atoms. The maximum atomic E-state index is 12.4. The Kier molecular flexibility index (Phi) is 4.60. The monoisotopic (exact) mass is 357 g/mol. The van der Waals surface area contributed by atoms with Gasteiger partial charge in [-0.3, -0.25) is 9.69 Å². The highest BCUT2D eigenvalue weighted by Gasteiger charge is 2.35. The zero-order chi connectivity index (χ0) is 18.1. The zero-order valence-corrected chi connectivity index (χ0v) is 14.8. The van der Waals surface area contributed by atoms with E-state index in [9.17, 15) is 9.90 Å². The van der Waals surface area contributed by atoms with Crippen molar-refractivity contribution >= 4 is 5.91 Å². The molecular formula is C18H23N5O3. The fourth-order valence-corrected chi connectivity index (χ4v) is 3.67. The Balaban J connectivity index is 1.40. The number of rotatable bonds is 4. The van der Waals surface area contributed by atoms with Crippen LogP contribution in [0.25, 0.3) is 0 Å². The van der Waals surface area contributed by atoms with Crippen LogP contribution in [0.15, 0.2) is 30.3 Å². The van der Waals surface area contributed by atoms with Crippen molar-refractivity contribution in [1.29, 1.82) is 0 Å². The zero-order valence-electron chi connectivity index (χ0n) is 14.8. The maximum Gasteiger partial charge on any atom is 0.260 e. The fourth-order valence-electron chi connectivity index (χ4n) is 3.67. The molecule has 4 rings (SSSR count). The summed E-state index contributed by atoms with van der Waals surface area (Å²) in [6, 6.07) is 9.40. The minimum absolute atomic E-state index is 0.0164. The van der Waals surface area contributed by atoms with Crippen molar-refractivity contribution in [3.8, 4) is 5.75 Å². The highest BCUT2D eigenvalue weighted by atomic mass is 16.5. The first kappa shape index (κ1) is 17.0. The van der Waals surface area contributed by atoms with Crippen LogP contribution in [0.3, 0.4) is 0 Å². The van der Waals surface area contributed by atoms with E-state index in [1.54, 1.807) is 4.90 Å². The number of β-amino-alcohol motifs (C(OH)–C–C–N with tert-alkyl or cyclic N) is 1. The van der Waals surface area contributed by atoms with Crippen molar-refractivity contribution in [3.05, 3.63) is 42.0 Å². The second-order valence-corrected chi connectivity index (χ2v) is 6.89. The Morgan fingerprint density at radius 3 is 2.81 bits per heavy atom. The number of aliphatic hydroxyl groups excluding tert-OH is 1. The Hall–Kier alpha value is -2.45. The number of para-hydroxylation sites is 1. The summed E-state index contributed by atoms with van der Waals surface area (Å²) in [5.41, 5.74) is 0. The first-order chi connectivity index (χ1) is 12.6. The molecule has 0 saturated carbocycles. The van der Waals surface area contributed by atoms with Gasteiger partial charge < -0.3 is 19.3 Å². The van der Waals surface area contributed by atoms with Gasteiger partial charge in [-0.25, -0.2) is 0 Å². The molecule has 0 radical (unpaired) electrons. The van der Waals surface area contributed by atoms with E-state index in [1.165, 1.54) is 0 Å². The molecule has 8 heteroatoms. The minimum Gasteiger partial charge on any atom is -0.484 e. The molecule has 1 aromatic carbocycles. The van der Waals surface area contributed by atoms with Gasteiger partial charge in [0.25, 0.3) is 5.91 Å². The van der Waals surface area contributed by atoms with E-state index in [1.807, 2.05) is 37.4 Å². The van der Waals surface area contributed by atoms with Gasteiger partial charge in [-0.15, -0.1) is 10.2 Å². The van der Waals surface area contributed by atoms with Crippen molar-refractivity contribution in [3.63, 3.8) is 0 Å². The summed E-state index contributed by atoms with van der Waals surface area (Å²) in [5, 5.41) is 18.5. The van der Waals surface area contributed by atoms with Gasteiger partial charge in [0.15, 0.2) is 18.3 Å². The molecule has 0 spiro atoms. The molecule has 1 N–H and O–H groups in total. The van der Waals surface area contributed by atoms with Crippen LogP contribution in [0.4, 0.5) is 0 Å². The van der Waals surface area contributed by atoms with Crippen LogP contribution in [-0.2, 0) is 17.9 Å². The lowest BCUT2D eigenvalue weighted by Gasteiger charge is -2.29. The molecular weight excluding hydrogens is 334 g/mol. The van der Waals surface area contributed by atoms with Crippen LogP contribution in [0.1, 0.15) is 24.1 Å². The number of ether oxygens (including phenoxy) is 1. The molecule has 2 aromatic rings. The predicted octanol–water partition coefficient (Wildman–Crippen LogP) is 0.437. The second kappa shape index (κ2) is 7.05. The molecule has 0 aliphatic carbocycles. The average Bonchev–Trinajstić information content (AvgIpc) is 3.22. The van der Waals surface area contributed by atoms with Gasteiger partial charge in [-0.1, -0.05) is 18.2 Å². The Labute approximate surface area is 152 Å². The lowest BCUT2D eigenvalue weighted by molar-refractivity contribution is -0.134. The third kappa shape index (κ3) is 3.30. The molecule has 2 aliphatic rings. The Morgan fingerprint density at radius 1 is 1.27 bits per heavy atom. The highest BCUT2D eigenvalue weighted by molar-refractivity contribution is 5.77. The predicted molar refractivity (Wildman–Crippen MR) is 93.4 cm³/mol. The fraction of sp³-hybridized carbons (Fsp3) is 0.500. The molecule has 2 aliphatic heterocycles. The number of likely N-dealkylation sites (tertiary alicyclic amines) is 1. The van der Waals surface area contributed by atoms with Crippen molar-refractivity contribution < 1.29 is 14.6 Å². The van der Waals surface area contributed by atoms with Crippen LogP contribution in [0.5, 0.6) is 5.75 Å². The summed E-state index contributed by atoms with van der Waals surface area (Å²) >= 11 is 0. The van der Waals surface area contributed by atoms with Gasteiger partial charge in [0.1, 0.15) is 5.75 Å². The number of carbonyl (C=O) groups is 1. The summed E-state index contributed by atoms with van der Waals surface area (Å²) < 4.78 is 7.64. The first-order valence-corrected chi connectivity index (χ1v) is 8.87. The summed E-state index contributed by atoms with van der Waals surface area (Å²) in [6.07, 6.45) is 0.345. The molecule has 1 amide bonds. The van der Waals surface area contributed by atoms with Crippen LogP contribution in [0.2, 0.25) is 0 Å². The van der Waals surface area contributed by atoms with E-state index in [4.69, 9.17) is 4.74 Å². The minimum atomic E-state index is -0.324. The van der Waals surface area contributed by atoms with E-state index >= 15 is 0 Å². The van der Waals surface area contributed by atoms with E-state index in [-0.39, 0.29) is 24.7 Å².